The van der Waals surface area contributed by atoms with Gasteiger partial charge in [-0.1, -0.05) is 31.2 Å². The van der Waals surface area contributed by atoms with Crippen molar-refractivity contribution in [3.63, 3.8) is 0 Å². The lowest BCUT2D eigenvalue weighted by Gasteiger charge is -2.32. The Morgan fingerprint density at radius 2 is 1.89 bits per heavy atom. The van der Waals surface area contributed by atoms with Crippen LogP contribution in [0.2, 0.25) is 30.7 Å². The molecule has 1 N–H and O–H groups in total. The minimum Gasteiger partial charge on any atom is -0.486 e. The van der Waals surface area contributed by atoms with Crippen LogP contribution in [0.3, 0.4) is 0 Å². The number of nitrogens with one attached hydrogen (secondary N) is 1. The summed E-state index contributed by atoms with van der Waals surface area (Å²) in [4.78, 5) is 36.8. The van der Waals surface area contributed by atoms with Gasteiger partial charge in [0, 0.05) is 36.8 Å². The number of halogens is 2. The first kappa shape index (κ1) is 34.1. The SMILES string of the molecule is COC(=O)c1cc2c(Nc3cc(-c4cc(Cl)ccc4F)nc4c3OCCN4C(=O)OC(C)(C)C)ccnc2n1COCC[Si](C)(C)C. The van der Waals surface area contributed by atoms with E-state index in [1.807, 2.05) is 0 Å². The molecule has 0 unspecified atom stereocenters. The molecule has 4 aromatic rings. The van der Waals surface area contributed by atoms with Gasteiger partial charge in [0.15, 0.2) is 11.6 Å². The van der Waals surface area contributed by atoms with Gasteiger partial charge in [0.25, 0.3) is 0 Å². The normalized spacial score (nSPS) is 13.3. The maximum atomic E-state index is 15.2. The molecular formula is C33H39ClFN5O6Si. The standard InChI is InChI=1S/C33H39ClFN5O6Si/c1-33(2,3)46-32(42)39-12-13-45-28-26(18-25(38-30(28)39)21-16-20(34)8-9-23(21)35)37-24-10-11-36-29-22(24)17-27(31(41)43-4)40(29)19-44-14-15-47(5,6)7/h8-11,16-18H,12-15,19H2,1-7H3,(H,36,37,38). The molecular weight excluding hydrogens is 645 g/mol. The number of carbonyl (C=O) groups is 2. The van der Waals surface area contributed by atoms with Crippen LogP contribution >= 0.6 is 11.6 Å². The van der Waals surface area contributed by atoms with Crippen molar-refractivity contribution in [3.05, 3.63) is 59.1 Å². The smallest absolute Gasteiger partial charge is 0.416 e. The third-order valence-corrected chi connectivity index (χ3v) is 9.21. The van der Waals surface area contributed by atoms with Crippen LogP contribution < -0.4 is 15.0 Å². The zero-order chi connectivity index (χ0) is 34.1. The number of ether oxygens (including phenoxy) is 4. The molecule has 0 spiro atoms. The van der Waals surface area contributed by atoms with Gasteiger partial charge >= 0.3 is 12.1 Å². The van der Waals surface area contributed by atoms with E-state index in [2.05, 4.69) is 34.9 Å². The Balaban J connectivity index is 1.62. The average molecular weight is 684 g/mol. The zero-order valence-electron chi connectivity index (χ0n) is 27.6. The van der Waals surface area contributed by atoms with Crippen LogP contribution in [-0.4, -0.2) is 67.1 Å². The molecule has 1 aliphatic heterocycles. The summed E-state index contributed by atoms with van der Waals surface area (Å²) < 4.78 is 39.6. The van der Waals surface area contributed by atoms with E-state index in [4.69, 9.17) is 30.5 Å². The van der Waals surface area contributed by atoms with Crippen molar-refractivity contribution < 1.29 is 32.9 Å². The second-order valence-electron chi connectivity index (χ2n) is 13.3. The van der Waals surface area contributed by atoms with E-state index in [9.17, 15) is 9.59 Å². The molecule has 0 fully saturated rings. The molecule has 5 rings (SSSR count). The molecule has 4 heterocycles. The van der Waals surface area contributed by atoms with Gasteiger partial charge in [0.05, 0.1) is 30.7 Å². The maximum absolute atomic E-state index is 15.2. The number of carbonyl (C=O) groups excluding carboxylic acids is 2. The lowest BCUT2D eigenvalue weighted by molar-refractivity contribution is 0.0542. The summed E-state index contributed by atoms with van der Waals surface area (Å²) in [6.07, 6.45) is 0.980. The quantitative estimate of drug-likeness (QED) is 0.107. The Morgan fingerprint density at radius 3 is 2.60 bits per heavy atom. The summed E-state index contributed by atoms with van der Waals surface area (Å²) in [5, 5.41) is 4.29. The number of benzene rings is 1. The summed E-state index contributed by atoms with van der Waals surface area (Å²) in [6, 6.07) is 10.2. The molecule has 3 aromatic heterocycles. The number of amides is 1. The Kier molecular flexibility index (Phi) is 9.80. The molecule has 1 amide bonds. The highest BCUT2D eigenvalue weighted by Gasteiger charge is 2.32. The maximum Gasteiger partial charge on any atom is 0.416 e. The second-order valence-corrected chi connectivity index (χ2v) is 19.4. The highest BCUT2D eigenvalue weighted by molar-refractivity contribution is 6.76. The van der Waals surface area contributed by atoms with E-state index in [0.29, 0.717) is 34.0 Å². The molecule has 0 saturated carbocycles. The highest BCUT2D eigenvalue weighted by Crippen LogP contribution is 2.43. The third-order valence-electron chi connectivity index (χ3n) is 7.27. The number of methoxy groups -OCH3 is 1. The molecule has 0 aliphatic carbocycles. The van der Waals surface area contributed by atoms with E-state index in [1.165, 1.54) is 30.2 Å². The lowest BCUT2D eigenvalue weighted by atomic mass is 10.1. The number of nitrogens with zero attached hydrogens (tertiary/aromatic N) is 4. The van der Waals surface area contributed by atoms with Crippen molar-refractivity contribution in [2.45, 2.75) is 58.8 Å². The fraction of sp³-hybridized carbons (Fsp3) is 0.394. The van der Waals surface area contributed by atoms with Crippen LogP contribution in [0.1, 0.15) is 31.3 Å². The fourth-order valence-corrected chi connectivity index (χ4v) is 5.88. The van der Waals surface area contributed by atoms with E-state index >= 15 is 4.39 Å². The Morgan fingerprint density at radius 1 is 1.13 bits per heavy atom. The first-order valence-corrected chi connectivity index (χ1v) is 19.3. The van der Waals surface area contributed by atoms with Crippen LogP contribution in [0.5, 0.6) is 5.75 Å². The topological polar surface area (TPSA) is 117 Å². The van der Waals surface area contributed by atoms with Crippen molar-refractivity contribution in [1.29, 1.82) is 0 Å². The van der Waals surface area contributed by atoms with Gasteiger partial charge in [0.1, 0.15) is 36.1 Å². The molecule has 1 aliphatic rings. The monoisotopic (exact) mass is 683 g/mol. The van der Waals surface area contributed by atoms with Gasteiger partial charge in [-0.05, 0) is 63.2 Å². The molecule has 11 nitrogen and oxygen atoms in total. The van der Waals surface area contributed by atoms with Crippen molar-refractivity contribution in [2.24, 2.45) is 0 Å². The average Bonchev–Trinajstić information content (AvgIpc) is 3.37. The van der Waals surface area contributed by atoms with Crippen molar-refractivity contribution in [1.82, 2.24) is 14.5 Å². The van der Waals surface area contributed by atoms with Crippen molar-refractivity contribution in [3.8, 4) is 17.0 Å². The van der Waals surface area contributed by atoms with Crippen LogP contribution in [0.4, 0.5) is 26.4 Å². The Bertz CT molecular complexity index is 1820. The van der Waals surface area contributed by atoms with Crippen LogP contribution in [0, 0.1) is 5.82 Å². The van der Waals surface area contributed by atoms with E-state index in [1.54, 1.807) is 49.7 Å². The Labute approximate surface area is 278 Å². The van der Waals surface area contributed by atoms with Gasteiger partial charge in [0.2, 0.25) is 0 Å². The number of fused-ring (bicyclic) bond motifs is 2. The van der Waals surface area contributed by atoms with Gasteiger partial charge in [-0.25, -0.2) is 23.9 Å². The largest absolute Gasteiger partial charge is 0.486 e. The molecule has 0 radical (unpaired) electrons. The minimum absolute atomic E-state index is 0.103. The number of hydrogen-bond acceptors (Lipinski definition) is 9. The minimum atomic E-state index is -1.33. The van der Waals surface area contributed by atoms with E-state index in [-0.39, 0.29) is 48.4 Å². The number of rotatable bonds is 9. The van der Waals surface area contributed by atoms with E-state index in [0.717, 1.165) is 6.04 Å². The summed E-state index contributed by atoms with van der Waals surface area (Å²) in [6.45, 7) is 13.1. The predicted octanol–water partition coefficient (Wildman–Crippen LogP) is 7.87. The zero-order valence-corrected chi connectivity index (χ0v) is 29.3. The third kappa shape index (κ3) is 7.86. The van der Waals surface area contributed by atoms with Gasteiger partial charge < -0.3 is 24.3 Å². The number of esters is 1. The summed E-state index contributed by atoms with van der Waals surface area (Å²) in [5.41, 5.74) is 1.28. The number of pyridine rings is 2. The molecule has 0 bridgehead atoms. The summed E-state index contributed by atoms with van der Waals surface area (Å²) in [5.74, 6) is -0.674. The summed E-state index contributed by atoms with van der Waals surface area (Å²) >= 11 is 6.24. The molecule has 250 valence electrons. The summed E-state index contributed by atoms with van der Waals surface area (Å²) in [7, 11) is -0.0156. The molecule has 0 atom stereocenters. The predicted molar refractivity (Wildman–Crippen MR) is 182 cm³/mol. The van der Waals surface area contributed by atoms with Crippen LogP contribution in [-0.2, 0) is 20.9 Å². The van der Waals surface area contributed by atoms with Crippen LogP contribution in [0.15, 0.2) is 42.6 Å². The molecule has 1 aromatic carbocycles. The van der Waals surface area contributed by atoms with Gasteiger partial charge in [-0.3, -0.25) is 9.47 Å². The van der Waals surface area contributed by atoms with Gasteiger partial charge in [-0.15, -0.1) is 0 Å². The number of anilines is 3. The van der Waals surface area contributed by atoms with Crippen LogP contribution in [0.25, 0.3) is 22.3 Å². The van der Waals surface area contributed by atoms with E-state index < -0.39 is 31.6 Å². The molecule has 0 saturated heterocycles. The first-order chi connectivity index (χ1) is 22.1. The fourth-order valence-electron chi connectivity index (χ4n) is 4.95. The molecule has 47 heavy (non-hydrogen) atoms. The van der Waals surface area contributed by atoms with Gasteiger partial charge in [-0.2, -0.15) is 0 Å². The highest BCUT2D eigenvalue weighted by atomic mass is 35.5. The second kappa shape index (κ2) is 13.5. The Hall–Kier alpha value is -4.20. The lowest BCUT2D eigenvalue weighted by Crippen LogP contribution is -2.42. The molecule has 14 heteroatoms. The number of hydrogen-bond donors (Lipinski definition) is 1. The van der Waals surface area contributed by atoms with Crippen molar-refractivity contribution >= 4 is 60.0 Å². The van der Waals surface area contributed by atoms with Crippen molar-refractivity contribution in [2.75, 3.05) is 37.1 Å². The first-order valence-electron chi connectivity index (χ1n) is 15.2. The number of aromatic nitrogens is 3.